The second kappa shape index (κ2) is 6.75. The fourth-order valence-electron chi connectivity index (χ4n) is 3.18. The molecule has 0 spiro atoms. The van der Waals surface area contributed by atoms with E-state index in [-0.39, 0.29) is 17.7 Å². The quantitative estimate of drug-likeness (QED) is 0.820. The van der Waals surface area contributed by atoms with Gasteiger partial charge >= 0.3 is 0 Å². The van der Waals surface area contributed by atoms with E-state index in [1.54, 1.807) is 23.3 Å². The lowest BCUT2D eigenvalue weighted by Crippen LogP contribution is -2.39. The third kappa shape index (κ3) is 3.47. The highest BCUT2D eigenvalue weighted by atomic mass is 32.1. The Morgan fingerprint density at radius 2 is 2.23 bits per heavy atom. The van der Waals surface area contributed by atoms with Gasteiger partial charge in [0, 0.05) is 58.1 Å². The zero-order valence-electron chi connectivity index (χ0n) is 12.9. The number of aromatic nitrogens is 1. The first-order valence-electron chi connectivity index (χ1n) is 7.75. The van der Waals surface area contributed by atoms with Crippen molar-refractivity contribution in [3.63, 3.8) is 0 Å². The summed E-state index contributed by atoms with van der Waals surface area (Å²) in [5, 5.41) is 2.08. The second-order valence-corrected chi connectivity index (χ2v) is 6.83. The van der Waals surface area contributed by atoms with Crippen molar-refractivity contribution < 1.29 is 9.59 Å². The molecule has 3 rings (SSSR count). The molecule has 0 aliphatic carbocycles. The van der Waals surface area contributed by atoms with Crippen LogP contribution in [0.4, 0.5) is 0 Å². The highest BCUT2D eigenvalue weighted by Gasteiger charge is 2.35. The largest absolute Gasteiger partial charge is 0.345 e. The van der Waals surface area contributed by atoms with Gasteiger partial charge in [-0.25, -0.2) is 4.98 Å². The van der Waals surface area contributed by atoms with E-state index in [4.69, 9.17) is 0 Å². The van der Waals surface area contributed by atoms with Crippen LogP contribution in [0.3, 0.4) is 0 Å². The zero-order chi connectivity index (χ0) is 15.5. The van der Waals surface area contributed by atoms with Gasteiger partial charge in [-0.2, -0.15) is 0 Å². The van der Waals surface area contributed by atoms with E-state index in [0.29, 0.717) is 13.0 Å². The van der Waals surface area contributed by atoms with Crippen LogP contribution >= 0.6 is 11.3 Å². The van der Waals surface area contributed by atoms with Gasteiger partial charge in [-0.3, -0.25) is 14.5 Å². The molecule has 7 heteroatoms. The van der Waals surface area contributed by atoms with Crippen molar-refractivity contribution >= 4 is 23.2 Å². The highest BCUT2D eigenvalue weighted by Crippen LogP contribution is 2.20. The Morgan fingerprint density at radius 3 is 2.91 bits per heavy atom. The van der Waals surface area contributed by atoms with E-state index < -0.39 is 0 Å². The summed E-state index contributed by atoms with van der Waals surface area (Å²) in [5.41, 5.74) is 2.96. The molecule has 1 atom stereocenters. The summed E-state index contributed by atoms with van der Waals surface area (Å²) >= 11 is 1.62. The molecule has 0 saturated carbocycles. The molecule has 0 N–H and O–H groups in total. The maximum absolute atomic E-state index is 12.6. The number of rotatable bonds is 3. The molecule has 2 aliphatic rings. The number of carbonyl (C=O) groups excluding carboxylic acids is 2. The van der Waals surface area contributed by atoms with Crippen LogP contribution < -0.4 is 0 Å². The van der Waals surface area contributed by atoms with Crippen molar-refractivity contribution in [3.05, 3.63) is 16.6 Å². The summed E-state index contributed by atoms with van der Waals surface area (Å²) in [4.78, 5) is 34.5. The standard InChI is InChI=1S/C15H22N4O2S/c1-17-8-12(7-14(17)20)15(21)19-4-2-3-18(5-6-19)9-13-10-22-11-16-13/h10-12H,2-9H2,1H3/t12-/m0/s1. The lowest BCUT2D eigenvalue weighted by molar-refractivity contribution is -0.135. The minimum absolute atomic E-state index is 0.0818. The molecule has 22 heavy (non-hydrogen) atoms. The van der Waals surface area contributed by atoms with Crippen LogP contribution in [0.1, 0.15) is 18.5 Å². The number of hydrogen-bond acceptors (Lipinski definition) is 5. The molecule has 2 fully saturated rings. The summed E-state index contributed by atoms with van der Waals surface area (Å²) in [5.74, 6) is 0.0779. The Bertz CT molecular complexity index is 534. The first-order valence-corrected chi connectivity index (χ1v) is 8.70. The van der Waals surface area contributed by atoms with Gasteiger partial charge in [0.1, 0.15) is 0 Å². The van der Waals surface area contributed by atoms with E-state index >= 15 is 0 Å². The third-order valence-corrected chi connectivity index (χ3v) is 5.09. The molecule has 2 aliphatic heterocycles. The van der Waals surface area contributed by atoms with Crippen molar-refractivity contribution in [1.29, 1.82) is 0 Å². The van der Waals surface area contributed by atoms with Gasteiger partial charge in [-0.15, -0.1) is 11.3 Å². The maximum atomic E-state index is 12.6. The van der Waals surface area contributed by atoms with Crippen LogP contribution in [0.25, 0.3) is 0 Å². The van der Waals surface area contributed by atoms with Crippen LogP contribution in [0.5, 0.6) is 0 Å². The van der Waals surface area contributed by atoms with Gasteiger partial charge < -0.3 is 9.80 Å². The van der Waals surface area contributed by atoms with E-state index in [0.717, 1.165) is 44.8 Å². The number of likely N-dealkylation sites (tertiary alicyclic amines) is 1. The predicted octanol–water partition coefficient (Wildman–Crippen LogP) is 0.656. The van der Waals surface area contributed by atoms with Crippen LogP contribution in [-0.4, -0.2) is 71.3 Å². The first kappa shape index (κ1) is 15.4. The average Bonchev–Trinajstić information content (AvgIpc) is 3.04. The summed E-state index contributed by atoms with van der Waals surface area (Å²) in [6, 6.07) is 0. The number of thiazole rings is 1. The SMILES string of the molecule is CN1C[C@@H](C(=O)N2CCCN(Cc3cscn3)CC2)CC1=O. The normalized spacial score (nSPS) is 23.9. The van der Waals surface area contributed by atoms with Crippen LogP contribution in [-0.2, 0) is 16.1 Å². The molecule has 3 heterocycles. The minimum atomic E-state index is -0.150. The van der Waals surface area contributed by atoms with Crippen LogP contribution in [0, 0.1) is 5.92 Å². The molecule has 0 radical (unpaired) electrons. The first-order chi connectivity index (χ1) is 10.6. The van der Waals surface area contributed by atoms with Gasteiger partial charge in [0.15, 0.2) is 0 Å². The van der Waals surface area contributed by atoms with Gasteiger partial charge in [-0.1, -0.05) is 0 Å². The number of nitrogens with zero attached hydrogens (tertiary/aromatic N) is 4. The summed E-state index contributed by atoms with van der Waals surface area (Å²) < 4.78 is 0. The van der Waals surface area contributed by atoms with Crippen LogP contribution in [0.2, 0.25) is 0 Å². The second-order valence-electron chi connectivity index (χ2n) is 6.11. The van der Waals surface area contributed by atoms with Crippen molar-refractivity contribution in [2.45, 2.75) is 19.4 Å². The number of amides is 2. The Balaban J connectivity index is 1.54. The van der Waals surface area contributed by atoms with E-state index in [9.17, 15) is 9.59 Å². The molecule has 120 valence electrons. The lowest BCUT2D eigenvalue weighted by atomic mass is 10.1. The highest BCUT2D eigenvalue weighted by molar-refractivity contribution is 7.07. The van der Waals surface area contributed by atoms with Crippen molar-refractivity contribution in [3.8, 4) is 0 Å². The molecule has 2 saturated heterocycles. The minimum Gasteiger partial charge on any atom is -0.345 e. The topological polar surface area (TPSA) is 56.8 Å². The molecule has 0 aromatic carbocycles. The summed E-state index contributed by atoms with van der Waals surface area (Å²) in [6.45, 7) is 4.83. The molecule has 0 bridgehead atoms. The van der Waals surface area contributed by atoms with E-state index in [2.05, 4.69) is 15.3 Å². The molecular formula is C15H22N4O2S. The maximum Gasteiger partial charge on any atom is 0.228 e. The van der Waals surface area contributed by atoms with Gasteiger partial charge in [0.2, 0.25) is 11.8 Å². The van der Waals surface area contributed by atoms with Crippen molar-refractivity contribution in [1.82, 2.24) is 19.7 Å². The van der Waals surface area contributed by atoms with Crippen LogP contribution in [0.15, 0.2) is 10.9 Å². The average molecular weight is 322 g/mol. The molecular weight excluding hydrogens is 300 g/mol. The molecule has 1 aromatic rings. The fourth-order valence-corrected chi connectivity index (χ4v) is 3.73. The van der Waals surface area contributed by atoms with Gasteiger partial charge in [0.05, 0.1) is 17.1 Å². The molecule has 1 aromatic heterocycles. The van der Waals surface area contributed by atoms with Gasteiger partial charge in [0.25, 0.3) is 0 Å². The summed E-state index contributed by atoms with van der Waals surface area (Å²) in [7, 11) is 1.77. The molecule has 0 unspecified atom stereocenters. The third-order valence-electron chi connectivity index (χ3n) is 4.46. The Hall–Kier alpha value is -1.47. The summed E-state index contributed by atoms with van der Waals surface area (Å²) in [6.07, 6.45) is 1.35. The Morgan fingerprint density at radius 1 is 1.36 bits per heavy atom. The monoisotopic (exact) mass is 322 g/mol. The smallest absolute Gasteiger partial charge is 0.228 e. The van der Waals surface area contributed by atoms with Crippen molar-refractivity contribution in [2.24, 2.45) is 5.92 Å². The number of hydrogen-bond donors (Lipinski definition) is 0. The predicted molar refractivity (Wildman–Crippen MR) is 84.3 cm³/mol. The van der Waals surface area contributed by atoms with Crippen molar-refractivity contribution in [2.75, 3.05) is 39.8 Å². The lowest BCUT2D eigenvalue weighted by Gasteiger charge is -2.24. The Labute approximate surface area is 134 Å². The van der Waals surface area contributed by atoms with E-state index in [1.807, 2.05) is 10.4 Å². The van der Waals surface area contributed by atoms with Gasteiger partial charge in [-0.05, 0) is 6.42 Å². The zero-order valence-corrected chi connectivity index (χ0v) is 13.7. The number of carbonyl (C=O) groups is 2. The molecule has 6 nitrogen and oxygen atoms in total. The fraction of sp³-hybridized carbons (Fsp3) is 0.667. The molecule has 2 amide bonds. The Kier molecular flexibility index (Phi) is 4.73. The van der Waals surface area contributed by atoms with E-state index in [1.165, 1.54) is 0 Å².